The molecule has 30 heavy (non-hydrogen) atoms. The number of aromatic hydroxyl groups is 1. The van der Waals surface area contributed by atoms with Gasteiger partial charge < -0.3 is 24.7 Å². The number of rotatable bonds is 4. The number of phenols is 1. The molecule has 2 N–H and O–H groups in total. The zero-order chi connectivity index (χ0) is 21.0. The molecule has 5 aliphatic rings. The van der Waals surface area contributed by atoms with Crippen molar-refractivity contribution in [3.8, 4) is 11.5 Å². The molecule has 3 fully saturated rings. The van der Waals surface area contributed by atoms with Crippen LogP contribution in [0.4, 0.5) is 0 Å². The quantitative estimate of drug-likeness (QED) is 0.779. The Bertz CT molecular complexity index is 885. The Morgan fingerprint density at radius 3 is 2.60 bits per heavy atom. The lowest BCUT2D eigenvalue weighted by Gasteiger charge is -2.68. The number of hydrogen-bond acceptors (Lipinski definition) is 6. The van der Waals surface area contributed by atoms with Crippen LogP contribution in [-0.2, 0) is 11.8 Å². The molecule has 1 spiro atoms. The predicted octanol–water partition coefficient (Wildman–Crippen LogP) is 1.43. The third-order valence-corrected chi connectivity index (χ3v) is 9.07. The third kappa shape index (κ3) is 2.18. The van der Waals surface area contributed by atoms with E-state index in [0.29, 0.717) is 5.75 Å². The van der Waals surface area contributed by atoms with Crippen molar-refractivity contribution in [3.05, 3.63) is 23.3 Å². The van der Waals surface area contributed by atoms with Crippen LogP contribution in [0.1, 0.15) is 36.8 Å². The average molecular weight is 414 g/mol. The van der Waals surface area contributed by atoms with E-state index >= 15 is 0 Å². The summed E-state index contributed by atoms with van der Waals surface area (Å²) in [5.74, 6) is 1.65. The van der Waals surface area contributed by atoms with Gasteiger partial charge in [-0.15, -0.1) is 0 Å². The van der Waals surface area contributed by atoms with Gasteiger partial charge in [0.15, 0.2) is 11.5 Å². The van der Waals surface area contributed by atoms with Gasteiger partial charge in [0.25, 0.3) is 0 Å². The Morgan fingerprint density at radius 2 is 1.93 bits per heavy atom. The Kier molecular flexibility index (Phi) is 3.95. The summed E-state index contributed by atoms with van der Waals surface area (Å²) in [6.07, 6.45) is 5.10. The Labute approximate surface area is 179 Å². The molecule has 1 saturated heterocycles. The molecule has 2 bridgehead atoms. The van der Waals surface area contributed by atoms with E-state index in [9.17, 15) is 10.2 Å². The smallest absolute Gasteiger partial charge is 0.165 e. The Balaban J connectivity index is 1.59. The van der Waals surface area contributed by atoms with Crippen LogP contribution < -0.4 is 4.74 Å². The number of piperidine rings is 1. The van der Waals surface area contributed by atoms with Crippen LogP contribution in [-0.4, -0.2) is 96.0 Å². The van der Waals surface area contributed by atoms with Crippen LogP contribution in [0.15, 0.2) is 12.1 Å². The molecule has 6 atom stereocenters. The van der Waals surface area contributed by atoms with Crippen molar-refractivity contribution in [2.45, 2.75) is 67.3 Å². The lowest BCUT2D eigenvalue weighted by molar-refractivity contribution is -0.227. The van der Waals surface area contributed by atoms with E-state index in [1.165, 1.54) is 18.4 Å². The van der Waals surface area contributed by atoms with E-state index in [-0.39, 0.29) is 30.0 Å². The average Bonchev–Trinajstić information content (AvgIpc) is 3.42. The van der Waals surface area contributed by atoms with Crippen molar-refractivity contribution in [1.82, 2.24) is 14.7 Å². The highest BCUT2D eigenvalue weighted by Gasteiger charge is 2.76. The molecule has 2 saturated carbocycles. The summed E-state index contributed by atoms with van der Waals surface area (Å²) in [5, 5.41) is 23.6. The molecule has 6 heteroatoms. The van der Waals surface area contributed by atoms with E-state index in [4.69, 9.17) is 4.74 Å². The summed E-state index contributed by atoms with van der Waals surface area (Å²) in [4.78, 5) is 7.10. The molecule has 0 radical (unpaired) electrons. The predicted molar refractivity (Wildman–Crippen MR) is 115 cm³/mol. The first-order chi connectivity index (χ1) is 14.3. The van der Waals surface area contributed by atoms with Crippen LogP contribution in [0.5, 0.6) is 11.5 Å². The Hall–Kier alpha value is -1.34. The molecule has 3 aliphatic carbocycles. The summed E-state index contributed by atoms with van der Waals surface area (Å²) < 4.78 is 6.62. The van der Waals surface area contributed by atoms with Gasteiger partial charge in [0, 0.05) is 30.2 Å². The van der Waals surface area contributed by atoms with Crippen LogP contribution in [0.25, 0.3) is 0 Å². The van der Waals surface area contributed by atoms with E-state index < -0.39 is 11.0 Å². The number of likely N-dealkylation sites (tertiary alicyclic amines) is 1. The monoisotopic (exact) mass is 413 g/mol. The minimum atomic E-state index is -0.896. The fourth-order valence-electron chi connectivity index (χ4n) is 7.60. The van der Waals surface area contributed by atoms with E-state index in [1.807, 2.05) is 0 Å². The number of hydrogen-bond donors (Lipinski definition) is 2. The SMILES string of the molecule is CN(C)C1CC(N(C)C)[C@@]2(O)[C@H]3Cc4ccc(O)c5c4[C@@]2(CCN3CC2CC2)C1O5. The summed E-state index contributed by atoms with van der Waals surface area (Å²) in [7, 11) is 8.46. The highest BCUT2D eigenvalue weighted by Crippen LogP contribution is 2.66. The summed E-state index contributed by atoms with van der Waals surface area (Å²) >= 11 is 0. The summed E-state index contributed by atoms with van der Waals surface area (Å²) in [6.45, 7) is 2.10. The highest BCUT2D eigenvalue weighted by molar-refractivity contribution is 5.63. The fraction of sp³-hybridized carbons (Fsp3) is 0.750. The number of phenolic OH excluding ortho intramolecular Hbond substituents is 1. The summed E-state index contributed by atoms with van der Waals surface area (Å²) in [6, 6.07) is 4.20. The number of ether oxygens (including phenoxy) is 1. The lowest BCUT2D eigenvalue weighted by Crippen LogP contribution is -2.83. The van der Waals surface area contributed by atoms with Crippen LogP contribution in [0.2, 0.25) is 0 Å². The normalized spacial score (nSPS) is 41.8. The molecule has 0 aromatic heterocycles. The van der Waals surface area contributed by atoms with Gasteiger partial charge >= 0.3 is 0 Å². The zero-order valence-electron chi connectivity index (χ0n) is 18.6. The van der Waals surface area contributed by atoms with Crippen molar-refractivity contribution >= 4 is 0 Å². The van der Waals surface area contributed by atoms with Gasteiger partial charge in [-0.2, -0.15) is 0 Å². The summed E-state index contributed by atoms with van der Waals surface area (Å²) in [5.41, 5.74) is 1.00. The minimum Gasteiger partial charge on any atom is -0.504 e. The van der Waals surface area contributed by atoms with Crippen molar-refractivity contribution < 1.29 is 14.9 Å². The van der Waals surface area contributed by atoms with Crippen molar-refractivity contribution in [2.75, 3.05) is 41.3 Å². The first-order valence-electron chi connectivity index (χ1n) is 11.6. The first kappa shape index (κ1) is 19.4. The molecule has 164 valence electrons. The molecule has 3 unspecified atom stereocenters. The van der Waals surface area contributed by atoms with Gasteiger partial charge in [0.2, 0.25) is 0 Å². The van der Waals surface area contributed by atoms with Gasteiger partial charge in [-0.3, -0.25) is 4.90 Å². The maximum atomic E-state index is 12.9. The lowest BCUT2D eigenvalue weighted by atomic mass is 9.46. The molecule has 6 rings (SSSR count). The molecular weight excluding hydrogens is 378 g/mol. The van der Waals surface area contributed by atoms with Crippen LogP contribution in [0.3, 0.4) is 0 Å². The van der Waals surface area contributed by atoms with Gasteiger partial charge in [0.05, 0.1) is 5.41 Å². The first-order valence-corrected chi connectivity index (χ1v) is 11.6. The van der Waals surface area contributed by atoms with E-state index in [2.05, 4.69) is 49.0 Å². The molecular formula is C24H35N3O3. The maximum absolute atomic E-state index is 12.9. The van der Waals surface area contributed by atoms with Crippen LogP contribution in [0, 0.1) is 5.92 Å². The molecule has 6 nitrogen and oxygen atoms in total. The second-order valence-electron chi connectivity index (χ2n) is 10.9. The van der Waals surface area contributed by atoms with Gasteiger partial charge in [-0.25, -0.2) is 0 Å². The topological polar surface area (TPSA) is 59.4 Å². The minimum absolute atomic E-state index is 0.0400. The number of likely N-dealkylation sites (N-methyl/N-ethyl adjacent to an activating group) is 2. The molecule has 1 aromatic carbocycles. The van der Waals surface area contributed by atoms with Crippen LogP contribution >= 0.6 is 0 Å². The largest absolute Gasteiger partial charge is 0.504 e. The molecule has 2 aliphatic heterocycles. The second kappa shape index (κ2) is 6.12. The Morgan fingerprint density at radius 1 is 1.17 bits per heavy atom. The number of benzene rings is 1. The van der Waals surface area contributed by atoms with Gasteiger partial charge in [-0.1, -0.05) is 6.07 Å². The zero-order valence-corrected chi connectivity index (χ0v) is 18.6. The standard InChI is InChI=1S/C24H35N3O3/c1-25(2)16-12-18(26(3)4)24(29)19-11-15-7-8-17(28)21-20(15)23(24,22(16)30-21)9-10-27(19)13-14-5-6-14/h7-8,14,16,18-19,22,28-29H,5-6,9-13H2,1-4H3/t16?,18?,19-,22?,23+,24-/m1/s1. The van der Waals surface area contributed by atoms with E-state index in [1.54, 1.807) is 6.07 Å². The van der Waals surface area contributed by atoms with Gasteiger partial charge in [0.1, 0.15) is 11.7 Å². The van der Waals surface area contributed by atoms with Gasteiger partial charge in [-0.05, 0) is 84.4 Å². The second-order valence-corrected chi connectivity index (χ2v) is 10.9. The molecule has 0 amide bonds. The molecule has 1 aromatic rings. The van der Waals surface area contributed by atoms with Crippen molar-refractivity contribution in [3.63, 3.8) is 0 Å². The van der Waals surface area contributed by atoms with Crippen molar-refractivity contribution in [2.24, 2.45) is 5.92 Å². The number of nitrogens with zero attached hydrogens (tertiary/aromatic N) is 3. The highest BCUT2D eigenvalue weighted by atomic mass is 16.5. The van der Waals surface area contributed by atoms with E-state index in [0.717, 1.165) is 43.8 Å². The third-order valence-electron chi connectivity index (χ3n) is 9.07. The van der Waals surface area contributed by atoms with Crippen molar-refractivity contribution in [1.29, 1.82) is 0 Å². The molecule has 2 heterocycles. The fourth-order valence-corrected chi connectivity index (χ4v) is 7.60. The number of aliphatic hydroxyl groups is 1. The maximum Gasteiger partial charge on any atom is 0.165 e.